The summed E-state index contributed by atoms with van der Waals surface area (Å²) in [5.41, 5.74) is 0.972. The summed E-state index contributed by atoms with van der Waals surface area (Å²) in [6, 6.07) is 15.5. The Morgan fingerprint density at radius 2 is 1.75 bits per heavy atom. The molecule has 0 unspecified atom stereocenters. The molecule has 4 rings (SSSR count). The Bertz CT molecular complexity index is 1170. The molecular weight excluding hydrogens is 361 g/mol. The first kappa shape index (κ1) is 17.5. The molecule has 0 bridgehead atoms. The van der Waals surface area contributed by atoms with Crippen molar-refractivity contribution in [3.63, 3.8) is 0 Å². The zero-order valence-electron chi connectivity index (χ0n) is 14.5. The second kappa shape index (κ2) is 7.36. The molecule has 28 heavy (non-hydrogen) atoms. The summed E-state index contributed by atoms with van der Waals surface area (Å²) < 4.78 is 24.0. The molecular formula is C22H14FNO4. The highest BCUT2D eigenvalue weighted by atomic mass is 19.1. The van der Waals surface area contributed by atoms with E-state index in [4.69, 9.17) is 8.83 Å². The van der Waals surface area contributed by atoms with Crippen LogP contribution in [-0.4, -0.2) is 11.7 Å². The second-order valence-electron chi connectivity index (χ2n) is 5.98. The Morgan fingerprint density at radius 3 is 2.50 bits per heavy atom. The van der Waals surface area contributed by atoms with E-state index in [1.165, 1.54) is 42.7 Å². The van der Waals surface area contributed by atoms with Crippen LogP contribution in [0.25, 0.3) is 17.0 Å². The zero-order chi connectivity index (χ0) is 19.5. The molecule has 1 N–H and O–H groups in total. The van der Waals surface area contributed by atoms with E-state index in [0.717, 1.165) is 0 Å². The molecule has 138 valence electrons. The Kier molecular flexibility index (Phi) is 4.60. The second-order valence-corrected chi connectivity index (χ2v) is 5.98. The first-order valence-corrected chi connectivity index (χ1v) is 8.46. The normalized spacial score (nSPS) is 11.2. The summed E-state index contributed by atoms with van der Waals surface area (Å²) in [5.74, 6) is -0.849. The van der Waals surface area contributed by atoms with Gasteiger partial charge in [-0.15, -0.1) is 0 Å². The van der Waals surface area contributed by atoms with Gasteiger partial charge in [-0.1, -0.05) is 12.1 Å². The molecule has 0 atom stereocenters. The maximum atomic E-state index is 13.2. The van der Waals surface area contributed by atoms with Crippen molar-refractivity contribution in [3.8, 4) is 0 Å². The van der Waals surface area contributed by atoms with E-state index in [2.05, 4.69) is 5.32 Å². The van der Waals surface area contributed by atoms with Crippen LogP contribution < -0.4 is 5.32 Å². The minimum absolute atomic E-state index is 0.0208. The lowest BCUT2D eigenvalue weighted by atomic mass is 10.1. The quantitative estimate of drug-likeness (QED) is 0.391. The smallest absolute Gasteiger partial charge is 0.248 e. The topological polar surface area (TPSA) is 72.5 Å². The number of fused-ring (bicyclic) bond motifs is 1. The van der Waals surface area contributed by atoms with Gasteiger partial charge in [0, 0.05) is 17.0 Å². The van der Waals surface area contributed by atoms with Crippen LogP contribution in [0.2, 0.25) is 0 Å². The number of hydrogen-bond acceptors (Lipinski definition) is 4. The number of para-hydroxylation sites is 1. The number of benzene rings is 2. The average Bonchev–Trinajstić information content (AvgIpc) is 3.35. The highest BCUT2D eigenvalue weighted by Crippen LogP contribution is 2.32. The van der Waals surface area contributed by atoms with Crippen molar-refractivity contribution in [1.29, 1.82) is 0 Å². The van der Waals surface area contributed by atoms with E-state index < -0.39 is 17.5 Å². The molecule has 0 aliphatic heterocycles. The third kappa shape index (κ3) is 3.48. The van der Waals surface area contributed by atoms with Gasteiger partial charge in [0.2, 0.25) is 11.7 Å². The molecule has 0 saturated heterocycles. The predicted octanol–water partition coefficient (Wildman–Crippen LogP) is 5.05. The van der Waals surface area contributed by atoms with E-state index in [-0.39, 0.29) is 17.0 Å². The van der Waals surface area contributed by atoms with E-state index in [0.29, 0.717) is 16.7 Å². The molecule has 2 heterocycles. The molecule has 0 spiro atoms. The summed E-state index contributed by atoms with van der Waals surface area (Å²) in [7, 11) is 0. The number of halogens is 1. The molecule has 5 nitrogen and oxygen atoms in total. The molecule has 6 heteroatoms. The van der Waals surface area contributed by atoms with Crippen LogP contribution in [-0.2, 0) is 4.79 Å². The van der Waals surface area contributed by atoms with Gasteiger partial charge in [-0.2, -0.15) is 0 Å². The van der Waals surface area contributed by atoms with E-state index in [1.807, 2.05) is 0 Å². The Morgan fingerprint density at radius 1 is 0.964 bits per heavy atom. The van der Waals surface area contributed by atoms with Crippen LogP contribution >= 0.6 is 0 Å². The summed E-state index contributed by atoms with van der Waals surface area (Å²) in [6.45, 7) is 0. The molecule has 0 aliphatic rings. The first-order chi connectivity index (χ1) is 13.6. The van der Waals surface area contributed by atoms with Gasteiger partial charge in [0.1, 0.15) is 17.2 Å². The fourth-order valence-electron chi connectivity index (χ4n) is 2.77. The van der Waals surface area contributed by atoms with Gasteiger partial charge in [-0.3, -0.25) is 9.59 Å². The molecule has 0 saturated carbocycles. The van der Waals surface area contributed by atoms with Crippen LogP contribution in [0, 0.1) is 5.82 Å². The number of carbonyl (C=O) groups is 2. The number of nitrogens with one attached hydrogen (secondary N) is 1. The Labute approximate surface area is 159 Å². The number of carbonyl (C=O) groups excluding carboxylic acids is 2. The minimum atomic E-state index is -0.457. The Hall–Kier alpha value is -3.93. The summed E-state index contributed by atoms with van der Waals surface area (Å²) >= 11 is 0. The van der Waals surface area contributed by atoms with Crippen LogP contribution in [0.3, 0.4) is 0 Å². The lowest BCUT2D eigenvalue weighted by molar-refractivity contribution is -0.111. The van der Waals surface area contributed by atoms with Crippen molar-refractivity contribution in [3.05, 3.63) is 95.9 Å². The third-order valence-electron chi connectivity index (χ3n) is 4.10. The lowest BCUT2D eigenvalue weighted by Crippen LogP contribution is -2.11. The number of anilines is 1. The maximum absolute atomic E-state index is 13.2. The molecule has 2 aromatic carbocycles. The van der Waals surface area contributed by atoms with Crippen molar-refractivity contribution in [2.45, 2.75) is 0 Å². The molecule has 4 aromatic rings. The summed E-state index contributed by atoms with van der Waals surface area (Å²) in [5, 5.41) is 3.29. The van der Waals surface area contributed by atoms with Gasteiger partial charge in [-0.05, 0) is 54.6 Å². The number of hydrogen-bond donors (Lipinski definition) is 1. The summed E-state index contributed by atoms with van der Waals surface area (Å²) in [4.78, 5) is 25.2. The fourth-order valence-corrected chi connectivity index (χ4v) is 2.77. The van der Waals surface area contributed by atoms with Crippen LogP contribution in [0.4, 0.5) is 10.1 Å². The third-order valence-corrected chi connectivity index (χ3v) is 4.10. The van der Waals surface area contributed by atoms with Gasteiger partial charge in [-0.25, -0.2) is 4.39 Å². The fraction of sp³-hybridized carbons (Fsp3) is 0. The Balaban J connectivity index is 1.70. The van der Waals surface area contributed by atoms with Gasteiger partial charge in [0.15, 0.2) is 5.76 Å². The number of amides is 1. The number of ketones is 1. The van der Waals surface area contributed by atoms with Crippen molar-refractivity contribution in [2.24, 2.45) is 0 Å². The van der Waals surface area contributed by atoms with Crippen molar-refractivity contribution in [1.82, 2.24) is 0 Å². The van der Waals surface area contributed by atoms with E-state index >= 15 is 0 Å². The minimum Gasteiger partial charge on any atom is -0.465 e. The molecule has 0 radical (unpaired) electrons. The van der Waals surface area contributed by atoms with Gasteiger partial charge in [0.25, 0.3) is 0 Å². The molecule has 1 amide bonds. The van der Waals surface area contributed by atoms with Crippen molar-refractivity contribution >= 4 is 34.4 Å². The van der Waals surface area contributed by atoms with E-state index in [9.17, 15) is 14.0 Å². The monoisotopic (exact) mass is 375 g/mol. The lowest BCUT2D eigenvalue weighted by Gasteiger charge is -2.04. The highest BCUT2D eigenvalue weighted by Gasteiger charge is 2.23. The summed E-state index contributed by atoms with van der Waals surface area (Å²) in [6.07, 6.45) is 4.31. The SMILES string of the molecule is O=C(/C=C/c1ccco1)Nc1c(C(=O)c2ccc(F)cc2)oc2ccccc12. The van der Waals surface area contributed by atoms with Gasteiger partial charge < -0.3 is 14.2 Å². The number of rotatable bonds is 5. The van der Waals surface area contributed by atoms with Crippen LogP contribution in [0.15, 0.2) is 81.8 Å². The molecule has 0 fully saturated rings. The first-order valence-electron chi connectivity index (χ1n) is 8.46. The van der Waals surface area contributed by atoms with E-state index in [1.54, 1.807) is 36.4 Å². The van der Waals surface area contributed by atoms with Gasteiger partial charge in [0.05, 0.1) is 12.0 Å². The van der Waals surface area contributed by atoms with Gasteiger partial charge >= 0.3 is 0 Å². The van der Waals surface area contributed by atoms with Crippen molar-refractivity contribution in [2.75, 3.05) is 5.32 Å². The molecule has 2 aromatic heterocycles. The van der Waals surface area contributed by atoms with Crippen molar-refractivity contribution < 1.29 is 22.8 Å². The highest BCUT2D eigenvalue weighted by molar-refractivity contribution is 6.18. The number of furan rings is 2. The standard InChI is InChI=1S/C22H14FNO4/c23-15-9-7-14(8-10-15)21(26)22-20(17-5-1-2-6-18(17)28-22)24-19(25)12-11-16-4-3-13-27-16/h1-13H,(H,24,25)/b12-11+. The average molecular weight is 375 g/mol. The largest absolute Gasteiger partial charge is 0.465 e. The molecule has 0 aliphatic carbocycles. The zero-order valence-corrected chi connectivity index (χ0v) is 14.5. The van der Waals surface area contributed by atoms with Crippen LogP contribution in [0.5, 0.6) is 0 Å². The predicted molar refractivity (Wildman–Crippen MR) is 102 cm³/mol. The van der Waals surface area contributed by atoms with Crippen LogP contribution in [0.1, 0.15) is 21.9 Å². The maximum Gasteiger partial charge on any atom is 0.248 e.